The van der Waals surface area contributed by atoms with Gasteiger partial charge in [0.05, 0.1) is 11.1 Å². The molecule has 0 atom stereocenters. The highest BCUT2D eigenvalue weighted by atomic mass is 79.9. The second-order valence-electron chi connectivity index (χ2n) is 4.52. The zero-order valence-corrected chi connectivity index (χ0v) is 13.7. The monoisotopic (exact) mass is 360 g/mol. The van der Waals surface area contributed by atoms with Gasteiger partial charge in [-0.3, -0.25) is 4.79 Å². The van der Waals surface area contributed by atoms with Crippen molar-refractivity contribution in [1.82, 2.24) is 10.3 Å². The molecule has 0 saturated heterocycles. The number of nitrogens with one attached hydrogen (secondary N) is 2. The predicted octanol–water partition coefficient (Wildman–Crippen LogP) is 4.44. The van der Waals surface area contributed by atoms with Crippen molar-refractivity contribution < 1.29 is 4.79 Å². The molecule has 2 N–H and O–H groups in total. The van der Waals surface area contributed by atoms with E-state index in [0.29, 0.717) is 5.56 Å². The summed E-state index contributed by atoms with van der Waals surface area (Å²) in [5.41, 5.74) is 1.54. The molecule has 1 aromatic heterocycles. The van der Waals surface area contributed by atoms with Crippen LogP contribution in [0, 0.1) is 0 Å². The van der Waals surface area contributed by atoms with Crippen LogP contribution in [0.1, 0.15) is 10.4 Å². The lowest BCUT2D eigenvalue weighted by Gasteiger charge is -2.03. The molecule has 0 aliphatic heterocycles. The van der Waals surface area contributed by atoms with Crippen LogP contribution in [0.4, 0.5) is 0 Å². The Morgan fingerprint density at radius 2 is 1.95 bits per heavy atom. The van der Waals surface area contributed by atoms with Crippen molar-refractivity contribution in [3.8, 4) is 0 Å². The molecule has 1 amide bonds. The first-order valence-corrected chi connectivity index (χ1v) is 8.05. The smallest absolute Gasteiger partial charge is 0.253 e. The van der Waals surface area contributed by atoms with Crippen molar-refractivity contribution in [2.75, 3.05) is 7.05 Å². The number of aromatic amines is 1. The number of hydrogen-bond donors (Lipinski definition) is 2. The highest BCUT2D eigenvalue weighted by Gasteiger charge is 2.12. The lowest BCUT2D eigenvalue weighted by molar-refractivity contribution is 0.0964. The number of aromatic nitrogens is 1. The Morgan fingerprint density at radius 3 is 2.67 bits per heavy atom. The Labute approximate surface area is 135 Å². The Morgan fingerprint density at radius 1 is 1.19 bits per heavy atom. The largest absolute Gasteiger partial charge is 0.359 e. The van der Waals surface area contributed by atoms with E-state index >= 15 is 0 Å². The summed E-state index contributed by atoms with van der Waals surface area (Å²) in [6.07, 6.45) is 1.95. The van der Waals surface area contributed by atoms with E-state index in [1.165, 1.54) is 0 Å². The van der Waals surface area contributed by atoms with Gasteiger partial charge in [-0.25, -0.2) is 0 Å². The first-order valence-electron chi connectivity index (χ1n) is 6.44. The second-order valence-corrected chi connectivity index (χ2v) is 6.55. The molecule has 5 heteroatoms. The predicted molar refractivity (Wildman–Crippen MR) is 90.0 cm³/mol. The maximum absolute atomic E-state index is 11.9. The maximum atomic E-state index is 11.9. The van der Waals surface area contributed by atoms with E-state index in [2.05, 4.69) is 38.4 Å². The molecule has 3 nitrogen and oxygen atoms in total. The van der Waals surface area contributed by atoms with Crippen LogP contribution in [0.2, 0.25) is 0 Å². The van der Waals surface area contributed by atoms with Crippen LogP contribution < -0.4 is 5.32 Å². The molecule has 0 bridgehead atoms. The summed E-state index contributed by atoms with van der Waals surface area (Å²) < 4.78 is 1.06. The number of amides is 1. The number of rotatable bonds is 3. The Kier molecular flexibility index (Phi) is 4.03. The molecule has 21 heavy (non-hydrogen) atoms. The molecule has 0 radical (unpaired) electrons. The van der Waals surface area contributed by atoms with Crippen molar-refractivity contribution >= 4 is 44.5 Å². The van der Waals surface area contributed by atoms with Crippen molar-refractivity contribution in [2.24, 2.45) is 0 Å². The molecule has 0 fully saturated rings. The van der Waals surface area contributed by atoms with E-state index < -0.39 is 0 Å². The number of halogens is 1. The molecular formula is C16H13BrN2OS. The fourth-order valence-corrected chi connectivity index (χ4v) is 3.35. The summed E-state index contributed by atoms with van der Waals surface area (Å²) in [5.74, 6) is -0.0809. The quantitative estimate of drug-likeness (QED) is 0.724. The first-order chi connectivity index (χ1) is 10.2. The van der Waals surface area contributed by atoms with Crippen LogP contribution in [0.15, 0.2) is 62.9 Å². The third kappa shape index (κ3) is 2.84. The highest BCUT2D eigenvalue weighted by Crippen LogP contribution is 2.35. The van der Waals surface area contributed by atoms with E-state index in [1.54, 1.807) is 18.8 Å². The number of carbonyl (C=O) groups excluding carboxylic acids is 1. The molecular weight excluding hydrogens is 348 g/mol. The SMILES string of the molecule is CNC(=O)c1cccc2c(Sc3ccc(Br)cc3)c[nH]c12. The topological polar surface area (TPSA) is 44.9 Å². The minimum atomic E-state index is -0.0809. The van der Waals surface area contributed by atoms with Crippen LogP contribution in [0.3, 0.4) is 0 Å². The van der Waals surface area contributed by atoms with Crippen molar-refractivity contribution in [3.63, 3.8) is 0 Å². The van der Waals surface area contributed by atoms with E-state index in [0.717, 1.165) is 25.2 Å². The molecule has 2 aromatic carbocycles. The maximum Gasteiger partial charge on any atom is 0.253 e. The summed E-state index contributed by atoms with van der Waals surface area (Å²) in [6, 6.07) is 13.9. The minimum Gasteiger partial charge on any atom is -0.359 e. The molecule has 106 valence electrons. The summed E-state index contributed by atoms with van der Waals surface area (Å²) in [5, 5.41) is 3.73. The van der Waals surface area contributed by atoms with Gasteiger partial charge >= 0.3 is 0 Å². The first kappa shape index (κ1) is 14.2. The number of hydrogen-bond acceptors (Lipinski definition) is 2. The standard InChI is InChI=1S/C16H13BrN2OS/c1-18-16(20)13-4-2-3-12-14(9-19-15(12)13)21-11-7-5-10(17)6-8-11/h2-9,19H,1H3,(H,18,20). The van der Waals surface area contributed by atoms with Crippen LogP contribution in [0.25, 0.3) is 10.9 Å². The normalized spacial score (nSPS) is 10.8. The van der Waals surface area contributed by atoms with Crippen molar-refractivity contribution in [1.29, 1.82) is 0 Å². The molecule has 0 unspecified atom stereocenters. The van der Waals surface area contributed by atoms with Gasteiger partial charge < -0.3 is 10.3 Å². The lowest BCUT2D eigenvalue weighted by Crippen LogP contribution is -2.17. The number of para-hydroxylation sites is 1. The van der Waals surface area contributed by atoms with E-state index in [1.807, 2.05) is 36.5 Å². The zero-order valence-electron chi connectivity index (χ0n) is 11.3. The van der Waals surface area contributed by atoms with Gasteiger partial charge in [0.15, 0.2) is 0 Å². The fourth-order valence-electron chi connectivity index (χ4n) is 2.17. The number of benzene rings is 2. The molecule has 0 saturated carbocycles. The average molecular weight is 361 g/mol. The van der Waals surface area contributed by atoms with Crippen LogP contribution in [-0.4, -0.2) is 17.9 Å². The van der Waals surface area contributed by atoms with Gasteiger partial charge in [-0.2, -0.15) is 0 Å². The van der Waals surface area contributed by atoms with Gasteiger partial charge in [0.2, 0.25) is 0 Å². The van der Waals surface area contributed by atoms with E-state index in [4.69, 9.17) is 0 Å². The summed E-state index contributed by atoms with van der Waals surface area (Å²) in [4.78, 5) is 17.4. The van der Waals surface area contributed by atoms with Crippen LogP contribution in [-0.2, 0) is 0 Å². The molecule has 0 spiro atoms. The Balaban J connectivity index is 2.01. The van der Waals surface area contributed by atoms with Gasteiger partial charge in [-0.15, -0.1) is 0 Å². The minimum absolute atomic E-state index is 0.0809. The third-order valence-corrected chi connectivity index (χ3v) is 4.78. The molecule has 0 aliphatic rings. The number of H-pyrrole nitrogens is 1. The van der Waals surface area contributed by atoms with Crippen molar-refractivity contribution in [3.05, 3.63) is 58.7 Å². The summed E-state index contributed by atoms with van der Waals surface area (Å²) in [6.45, 7) is 0. The molecule has 0 aliphatic carbocycles. The van der Waals surface area contributed by atoms with E-state index in [9.17, 15) is 4.79 Å². The lowest BCUT2D eigenvalue weighted by atomic mass is 10.1. The summed E-state index contributed by atoms with van der Waals surface area (Å²) in [7, 11) is 1.64. The van der Waals surface area contributed by atoms with Gasteiger partial charge in [0.1, 0.15) is 0 Å². The average Bonchev–Trinajstić information content (AvgIpc) is 2.92. The zero-order chi connectivity index (χ0) is 14.8. The summed E-state index contributed by atoms with van der Waals surface area (Å²) >= 11 is 5.11. The van der Waals surface area contributed by atoms with Gasteiger partial charge in [-0.1, -0.05) is 39.8 Å². The van der Waals surface area contributed by atoms with Crippen LogP contribution >= 0.6 is 27.7 Å². The van der Waals surface area contributed by atoms with Gasteiger partial charge in [0, 0.05) is 32.9 Å². The molecule has 3 rings (SSSR count). The van der Waals surface area contributed by atoms with Crippen molar-refractivity contribution in [2.45, 2.75) is 9.79 Å². The number of carbonyl (C=O) groups is 1. The third-order valence-electron chi connectivity index (χ3n) is 3.19. The molecule has 3 aromatic rings. The number of fused-ring (bicyclic) bond motifs is 1. The van der Waals surface area contributed by atoms with Gasteiger partial charge in [-0.05, 0) is 30.3 Å². The van der Waals surface area contributed by atoms with E-state index in [-0.39, 0.29) is 5.91 Å². The van der Waals surface area contributed by atoms with Gasteiger partial charge in [0.25, 0.3) is 5.91 Å². The fraction of sp³-hybridized carbons (Fsp3) is 0.0625. The van der Waals surface area contributed by atoms with Crippen LogP contribution in [0.5, 0.6) is 0 Å². The Hall–Kier alpha value is -1.72. The highest BCUT2D eigenvalue weighted by molar-refractivity contribution is 9.10. The Bertz CT molecular complexity index is 796. The second kappa shape index (κ2) is 5.95. The molecule has 1 heterocycles.